The number of nitrogens with zero attached hydrogens (tertiary/aromatic N) is 2. The van der Waals surface area contributed by atoms with Crippen molar-refractivity contribution in [1.82, 2.24) is 9.78 Å². The standard InChI is InChI=1S/C13H12N2O4/c1-7-3-8(2)15(14-7)11-5-9(12(16)17)4-10(6-11)13(18)19/h3-6H,1-2H3,(H,16,17)(H,18,19). The fourth-order valence-corrected chi connectivity index (χ4v) is 1.87. The second-order valence-electron chi connectivity index (χ2n) is 4.22. The van der Waals surface area contributed by atoms with E-state index in [-0.39, 0.29) is 11.1 Å². The maximum Gasteiger partial charge on any atom is 0.335 e. The molecule has 2 rings (SSSR count). The van der Waals surface area contributed by atoms with Gasteiger partial charge in [-0.05, 0) is 38.1 Å². The van der Waals surface area contributed by atoms with Crippen molar-refractivity contribution in [3.63, 3.8) is 0 Å². The quantitative estimate of drug-likeness (QED) is 0.879. The van der Waals surface area contributed by atoms with E-state index in [0.29, 0.717) is 5.69 Å². The number of hydrogen-bond acceptors (Lipinski definition) is 3. The van der Waals surface area contributed by atoms with Gasteiger partial charge in [0, 0.05) is 5.69 Å². The van der Waals surface area contributed by atoms with Gasteiger partial charge in [0.2, 0.25) is 0 Å². The second kappa shape index (κ2) is 4.56. The summed E-state index contributed by atoms with van der Waals surface area (Å²) in [7, 11) is 0. The Hall–Kier alpha value is -2.63. The molecule has 1 heterocycles. The lowest BCUT2D eigenvalue weighted by atomic mass is 10.1. The van der Waals surface area contributed by atoms with E-state index in [1.165, 1.54) is 16.8 Å². The molecule has 2 N–H and O–H groups in total. The first-order chi connectivity index (χ1) is 8.88. The van der Waals surface area contributed by atoms with Crippen LogP contribution >= 0.6 is 0 Å². The smallest absolute Gasteiger partial charge is 0.335 e. The highest BCUT2D eigenvalue weighted by atomic mass is 16.4. The van der Waals surface area contributed by atoms with Crippen LogP contribution < -0.4 is 0 Å². The normalized spacial score (nSPS) is 10.4. The summed E-state index contributed by atoms with van der Waals surface area (Å²) < 4.78 is 1.52. The van der Waals surface area contributed by atoms with E-state index in [0.717, 1.165) is 17.5 Å². The van der Waals surface area contributed by atoms with Gasteiger partial charge >= 0.3 is 11.9 Å². The molecule has 0 amide bonds. The van der Waals surface area contributed by atoms with Crippen LogP contribution in [0.2, 0.25) is 0 Å². The Morgan fingerprint density at radius 3 is 1.89 bits per heavy atom. The zero-order valence-electron chi connectivity index (χ0n) is 10.4. The average Bonchev–Trinajstić information content (AvgIpc) is 2.67. The molecule has 98 valence electrons. The average molecular weight is 260 g/mol. The Morgan fingerprint density at radius 1 is 1.00 bits per heavy atom. The molecule has 19 heavy (non-hydrogen) atoms. The highest BCUT2D eigenvalue weighted by Gasteiger charge is 2.13. The minimum absolute atomic E-state index is 0.0811. The SMILES string of the molecule is Cc1cc(C)n(-c2cc(C(=O)O)cc(C(=O)O)c2)n1. The zero-order chi connectivity index (χ0) is 14.2. The van der Waals surface area contributed by atoms with Crippen molar-refractivity contribution in [3.05, 3.63) is 46.8 Å². The van der Waals surface area contributed by atoms with E-state index in [1.807, 2.05) is 19.9 Å². The molecule has 0 atom stereocenters. The van der Waals surface area contributed by atoms with E-state index in [2.05, 4.69) is 5.10 Å². The van der Waals surface area contributed by atoms with Crippen LogP contribution in [0.5, 0.6) is 0 Å². The molecule has 0 radical (unpaired) electrons. The molecule has 0 aliphatic rings. The van der Waals surface area contributed by atoms with Crippen LogP contribution in [0, 0.1) is 13.8 Å². The van der Waals surface area contributed by atoms with Gasteiger partial charge in [0.15, 0.2) is 0 Å². The molecule has 6 heteroatoms. The van der Waals surface area contributed by atoms with Crippen molar-refractivity contribution >= 4 is 11.9 Å². The first-order valence-corrected chi connectivity index (χ1v) is 5.54. The lowest BCUT2D eigenvalue weighted by Crippen LogP contribution is -2.07. The number of carbonyl (C=O) groups is 2. The molecule has 0 unspecified atom stereocenters. The zero-order valence-corrected chi connectivity index (χ0v) is 10.4. The molecule has 1 aromatic carbocycles. The van der Waals surface area contributed by atoms with Gasteiger partial charge in [0.05, 0.1) is 22.5 Å². The Labute approximate surface area is 108 Å². The third-order valence-electron chi connectivity index (χ3n) is 2.67. The van der Waals surface area contributed by atoms with Gasteiger partial charge in [-0.3, -0.25) is 0 Å². The molecule has 0 fully saturated rings. The molecule has 0 spiro atoms. The predicted octanol–water partition coefficient (Wildman–Crippen LogP) is 1.89. The summed E-state index contributed by atoms with van der Waals surface area (Å²) >= 11 is 0. The van der Waals surface area contributed by atoms with Gasteiger partial charge in [-0.15, -0.1) is 0 Å². The molecule has 1 aromatic heterocycles. The van der Waals surface area contributed by atoms with E-state index >= 15 is 0 Å². The molecule has 0 aliphatic heterocycles. The molecular formula is C13H12N2O4. The number of benzene rings is 1. The summed E-state index contributed by atoms with van der Waals surface area (Å²) in [6, 6.07) is 5.75. The third kappa shape index (κ3) is 2.47. The van der Waals surface area contributed by atoms with Crippen molar-refractivity contribution < 1.29 is 19.8 Å². The minimum Gasteiger partial charge on any atom is -0.478 e. The summed E-state index contributed by atoms with van der Waals surface area (Å²) in [5.74, 6) is -2.35. The van der Waals surface area contributed by atoms with Gasteiger partial charge < -0.3 is 10.2 Å². The Balaban J connectivity index is 2.66. The number of hydrogen-bond donors (Lipinski definition) is 2. The molecule has 6 nitrogen and oxygen atoms in total. The topological polar surface area (TPSA) is 92.4 Å². The molecule has 0 bridgehead atoms. The summed E-state index contributed by atoms with van der Waals surface area (Å²) in [4.78, 5) is 22.1. The van der Waals surface area contributed by atoms with Crippen molar-refractivity contribution in [2.75, 3.05) is 0 Å². The monoisotopic (exact) mass is 260 g/mol. The first-order valence-electron chi connectivity index (χ1n) is 5.54. The van der Waals surface area contributed by atoms with Gasteiger partial charge in [0.25, 0.3) is 0 Å². The first kappa shape index (κ1) is 12.8. The largest absolute Gasteiger partial charge is 0.478 e. The van der Waals surface area contributed by atoms with Crippen LogP contribution in [0.4, 0.5) is 0 Å². The maximum atomic E-state index is 11.0. The molecule has 2 aromatic rings. The van der Waals surface area contributed by atoms with Crippen LogP contribution in [0.3, 0.4) is 0 Å². The van der Waals surface area contributed by atoms with Gasteiger partial charge in [-0.25, -0.2) is 14.3 Å². The lowest BCUT2D eigenvalue weighted by Gasteiger charge is -2.07. The number of rotatable bonds is 3. The lowest BCUT2D eigenvalue weighted by molar-refractivity contribution is 0.0696. The van der Waals surface area contributed by atoms with Crippen LogP contribution in [0.1, 0.15) is 32.1 Å². The Bertz CT molecular complexity index is 641. The van der Waals surface area contributed by atoms with E-state index in [1.54, 1.807) is 0 Å². The Morgan fingerprint density at radius 2 is 1.53 bits per heavy atom. The maximum absolute atomic E-state index is 11.0. The van der Waals surface area contributed by atoms with Crippen molar-refractivity contribution in [1.29, 1.82) is 0 Å². The minimum atomic E-state index is -1.18. The van der Waals surface area contributed by atoms with Crippen molar-refractivity contribution in [2.24, 2.45) is 0 Å². The highest BCUT2D eigenvalue weighted by Crippen LogP contribution is 2.17. The summed E-state index contributed by atoms with van der Waals surface area (Å²) in [6.07, 6.45) is 0. The van der Waals surface area contributed by atoms with E-state index in [4.69, 9.17) is 10.2 Å². The molecule has 0 saturated carbocycles. The van der Waals surface area contributed by atoms with Crippen LogP contribution in [-0.2, 0) is 0 Å². The fraction of sp³-hybridized carbons (Fsp3) is 0.154. The number of aromatic nitrogens is 2. The van der Waals surface area contributed by atoms with E-state index in [9.17, 15) is 9.59 Å². The fourth-order valence-electron chi connectivity index (χ4n) is 1.87. The number of aryl methyl sites for hydroxylation is 2. The van der Waals surface area contributed by atoms with Crippen molar-refractivity contribution in [3.8, 4) is 5.69 Å². The second-order valence-corrected chi connectivity index (χ2v) is 4.22. The number of carboxylic acids is 2. The van der Waals surface area contributed by atoms with E-state index < -0.39 is 11.9 Å². The Kier molecular flexibility index (Phi) is 3.08. The molecule has 0 saturated heterocycles. The summed E-state index contributed by atoms with van der Waals surface area (Å²) in [5, 5.41) is 22.2. The number of carboxylic acid groups (broad SMARTS) is 2. The highest BCUT2D eigenvalue weighted by molar-refractivity contribution is 5.94. The predicted molar refractivity (Wildman–Crippen MR) is 67.0 cm³/mol. The molecular weight excluding hydrogens is 248 g/mol. The van der Waals surface area contributed by atoms with Gasteiger partial charge in [-0.2, -0.15) is 5.10 Å². The van der Waals surface area contributed by atoms with Crippen LogP contribution in [-0.4, -0.2) is 31.9 Å². The summed E-state index contributed by atoms with van der Waals surface area (Å²) in [5.41, 5.74) is 1.83. The number of aromatic carboxylic acids is 2. The van der Waals surface area contributed by atoms with Crippen molar-refractivity contribution in [2.45, 2.75) is 13.8 Å². The van der Waals surface area contributed by atoms with Crippen LogP contribution in [0.25, 0.3) is 5.69 Å². The van der Waals surface area contributed by atoms with Gasteiger partial charge in [0.1, 0.15) is 0 Å². The van der Waals surface area contributed by atoms with Gasteiger partial charge in [-0.1, -0.05) is 0 Å². The summed E-state index contributed by atoms with van der Waals surface area (Å²) in [6.45, 7) is 3.62. The molecule has 0 aliphatic carbocycles. The third-order valence-corrected chi connectivity index (χ3v) is 2.67. The van der Waals surface area contributed by atoms with Crippen LogP contribution in [0.15, 0.2) is 24.3 Å².